The monoisotopic (exact) mass is 341 g/mol. The molecule has 7 heteroatoms. The average Bonchev–Trinajstić information content (AvgIpc) is 3.03. The number of carbonyl (C=O) groups excluding carboxylic acids is 1. The number of amides is 1. The van der Waals surface area contributed by atoms with Crippen LogP contribution in [0, 0.1) is 0 Å². The second kappa shape index (κ2) is 6.58. The van der Waals surface area contributed by atoms with Crippen LogP contribution in [0.1, 0.15) is 36.4 Å². The summed E-state index contributed by atoms with van der Waals surface area (Å²) in [4.78, 5) is 30.1. The van der Waals surface area contributed by atoms with Gasteiger partial charge in [0.05, 0.1) is 12.0 Å². The summed E-state index contributed by atoms with van der Waals surface area (Å²) >= 11 is 0. The summed E-state index contributed by atoms with van der Waals surface area (Å²) < 4.78 is 10.6. The van der Waals surface area contributed by atoms with E-state index in [9.17, 15) is 9.59 Å². The number of nitrogens with zero attached hydrogens (tertiary/aromatic N) is 1. The normalized spacial score (nSPS) is 20.8. The van der Waals surface area contributed by atoms with Gasteiger partial charge in [-0.1, -0.05) is 6.07 Å². The molecule has 2 aliphatic rings. The molecule has 25 heavy (non-hydrogen) atoms. The second-order valence-electron chi connectivity index (χ2n) is 6.46. The van der Waals surface area contributed by atoms with Crippen LogP contribution in [0.15, 0.2) is 35.4 Å². The fraction of sp³-hybridized carbons (Fsp3) is 0.389. The highest BCUT2D eigenvalue weighted by molar-refractivity contribution is 5.76. The van der Waals surface area contributed by atoms with Gasteiger partial charge in [-0.2, -0.15) is 0 Å². The molecule has 2 N–H and O–H groups in total. The second-order valence-corrected chi connectivity index (χ2v) is 6.46. The number of carbonyl (C=O) groups is 1. The lowest BCUT2D eigenvalue weighted by Gasteiger charge is -2.35. The van der Waals surface area contributed by atoms with E-state index in [1.54, 1.807) is 0 Å². The highest BCUT2D eigenvalue weighted by atomic mass is 16.7. The number of H-pyrrole nitrogens is 1. The zero-order chi connectivity index (χ0) is 17.2. The number of benzene rings is 1. The molecule has 1 saturated carbocycles. The molecule has 0 bridgehead atoms. The number of hydrogen-bond donors (Lipinski definition) is 2. The van der Waals surface area contributed by atoms with E-state index in [2.05, 4.69) is 15.3 Å². The van der Waals surface area contributed by atoms with E-state index in [1.165, 1.54) is 12.4 Å². The molecule has 1 aliphatic carbocycles. The van der Waals surface area contributed by atoms with Crippen LogP contribution in [-0.4, -0.2) is 28.7 Å². The minimum atomic E-state index is -0.138. The molecule has 1 aliphatic heterocycles. The van der Waals surface area contributed by atoms with Gasteiger partial charge in [0.15, 0.2) is 11.5 Å². The number of nitrogens with one attached hydrogen (secondary N) is 2. The maximum absolute atomic E-state index is 12.1. The van der Waals surface area contributed by atoms with Crippen molar-refractivity contribution >= 4 is 5.91 Å². The number of rotatable bonds is 5. The largest absolute Gasteiger partial charge is 0.454 e. The van der Waals surface area contributed by atoms with E-state index < -0.39 is 0 Å². The molecular weight excluding hydrogens is 322 g/mol. The average molecular weight is 341 g/mol. The summed E-state index contributed by atoms with van der Waals surface area (Å²) in [5.41, 5.74) is 1.72. The zero-order valence-corrected chi connectivity index (χ0v) is 13.7. The molecular formula is C18H19N3O4. The molecule has 2 heterocycles. The van der Waals surface area contributed by atoms with Crippen LogP contribution >= 0.6 is 0 Å². The Morgan fingerprint density at radius 3 is 2.92 bits per heavy atom. The Morgan fingerprint density at radius 2 is 2.08 bits per heavy atom. The molecule has 0 radical (unpaired) electrons. The van der Waals surface area contributed by atoms with Crippen molar-refractivity contribution < 1.29 is 14.3 Å². The van der Waals surface area contributed by atoms with Crippen molar-refractivity contribution in [3.63, 3.8) is 0 Å². The quantitative estimate of drug-likeness (QED) is 0.859. The Hall–Kier alpha value is -2.83. The first-order valence-electron chi connectivity index (χ1n) is 8.40. The molecule has 0 spiro atoms. The molecule has 7 nitrogen and oxygen atoms in total. The molecule has 0 unspecified atom stereocenters. The summed E-state index contributed by atoms with van der Waals surface area (Å²) in [6, 6.07) is 7.45. The Balaban J connectivity index is 1.23. The van der Waals surface area contributed by atoms with Gasteiger partial charge in [-0.05, 0) is 37.0 Å². The standard InChI is InChI=1S/C18H19N3O4/c22-17(4-2-11-1-3-15-16(5-11)25-10-24-15)21-13-6-12(7-13)14-8-18(23)20-9-19-14/h1,3,5,8-9,12-13H,2,4,6-7,10H2,(H,21,22)(H,19,20,23). The van der Waals surface area contributed by atoms with Crippen molar-refractivity contribution in [3.05, 3.63) is 52.2 Å². The third kappa shape index (κ3) is 3.50. The lowest BCUT2D eigenvalue weighted by atomic mass is 9.78. The molecule has 1 amide bonds. The van der Waals surface area contributed by atoms with Crippen molar-refractivity contribution in [2.24, 2.45) is 0 Å². The Morgan fingerprint density at radius 1 is 1.24 bits per heavy atom. The number of aromatic amines is 1. The maximum Gasteiger partial charge on any atom is 0.250 e. The predicted octanol–water partition coefficient (Wildman–Crippen LogP) is 1.49. The lowest BCUT2D eigenvalue weighted by molar-refractivity contribution is -0.122. The third-order valence-electron chi connectivity index (χ3n) is 4.70. The molecule has 0 atom stereocenters. The van der Waals surface area contributed by atoms with Crippen molar-refractivity contribution in [2.45, 2.75) is 37.6 Å². The molecule has 1 aromatic heterocycles. The van der Waals surface area contributed by atoms with Crippen molar-refractivity contribution in [1.29, 1.82) is 0 Å². The minimum Gasteiger partial charge on any atom is -0.454 e. The summed E-state index contributed by atoms with van der Waals surface area (Å²) in [5, 5.41) is 3.04. The van der Waals surface area contributed by atoms with Gasteiger partial charge in [0, 0.05) is 24.4 Å². The number of aryl methyl sites for hydroxylation is 1. The van der Waals surface area contributed by atoms with Crippen LogP contribution in [0.4, 0.5) is 0 Å². The van der Waals surface area contributed by atoms with Crippen LogP contribution < -0.4 is 20.3 Å². The third-order valence-corrected chi connectivity index (χ3v) is 4.70. The SMILES string of the molecule is O=C(CCc1ccc2c(c1)OCO2)NC1CC(c2cc(=O)[nH]cn2)C1. The van der Waals surface area contributed by atoms with Gasteiger partial charge in [0.25, 0.3) is 5.56 Å². The smallest absolute Gasteiger partial charge is 0.250 e. The van der Waals surface area contributed by atoms with Gasteiger partial charge in [-0.15, -0.1) is 0 Å². The Bertz CT molecular complexity index is 842. The van der Waals surface area contributed by atoms with Gasteiger partial charge < -0.3 is 19.8 Å². The topological polar surface area (TPSA) is 93.3 Å². The molecule has 0 saturated heterocycles. The first-order valence-corrected chi connectivity index (χ1v) is 8.40. The van der Waals surface area contributed by atoms with E-state index in [4.69, 9.17) is 9.47 Å². The zero-order valence-electron chi connectivity index (χ0n) is 13.7. The molecule has 130 valence electrons. The summed E-state index contributed by atoms with van der Waals surface area (Å²) in [6.07, 6.45) is 4.17. The fourth-order valence-electron chi connectivity index (χ4n) is 3.24. The highest BCUT2D eigenvalue weighted by Gasteiger charge is 2.32. The van der Waals surface area contributed by atoms with Gasteiger partial charge in [0.2, 0.25) is 12.7 Å². The lowest BCUT2D eigenvalue weighted by Crippen LogP contribution is -2.43. The number of fused-ring (bicyclic) bond motifs is 1. The maximum atomic E-state index is 12.1. The van der Waals surface area contributed by atoms with Crippen LogP contribution in [0.25, 0.3) is 0 Å². The first-order chi connectivity index (χ1) is 12.2. The predicted molar refractivity (Wildman–Crippen MR) is 89.6 cm³/mol. The van der Waals surface area contributed by atoms with Gasteiger partial charge in [0.1, 0.15) is 0 Å². The fourth-order valence-corrected chi connectivity index (χ4v) is 3.24. The number of ether oxygens (including phenoxy) is 2. The highest BCUT2D eigenvalue weighted by Crippen LogP contribution is 2.35. The summed E-state index contributed by atoms with van der Waals surface area (Å²) in [6.45, 7) is 0.254. The van der Waals surface area contributed by atoms with E-state index in [0.717, 1.165) is 35.6 Å². The van der Waals surface area contributed by atoms with E-state index in [1.807, 2.05) is 18.2 Å². The minimum absolute atomic E-state index is 0.0417. The Kier molecular flexibility index (Phi) is 4.13. The van der Waals surface area contributed by atoms with Crippen LogP contribution in [-0.2, 0) is 11.2 Å². The van der Waals surface area contributed by atoms with Crippen molar-refractivity contribution in [2.75, 3.05) is 6.79 Å². The van der Waals surface area contributed by atoms with E-state index >= 15 is 0 Å². The molecule has 2 aromatic rings. The van der Waals surface area contributed by atoms with Gasteiger partial charge in [-0.25, -0.2) is 4.98 Å². The molecule has 4 rings (SSSR count). The number of aromatic nitrogens is 2. The van der Waals surface area contributed by atoms with Gasteiger partial charge >= 0.3 is 0 Å². The number of hydrogen-bond acceptors (Lipinski definition) is 5. The van der Waals surface area contributed by atoms with E-state index in [-0.39, 0.29) is 30.2 Å². The first kappa shape index (κ1) is 15.7. The van der Waals surface area contributed by atoms with Crippen LogP contribution in [0.3, 0.4) is 0 Å². The Labute approximate surface area is 144 Å². The van der Waals surface area contributed by atoms with Crippen molar-refractivity contribution in [1.82, 2.24) is 15.3 Å². The molecule has 1 fully saturated rings. The van der Waals surface area contributed by atoms with Gasteiger partial charge in [-0.3, -0.25) is 9.59 Å². The summed E-state index contributed by atoms with van der Waals surface area (Å²) in [7, 11) is 0. The van der Waals surface area contributed by atoms with Crippen LogP contribution in [0.5, 0.6) is 11.5 Å². The summed E-state index contributed by atoms with van der Waals surface area (Å²) in [5.74, 6) is 1.79. The van der Waals surface area contributed by atoms with Crippen molar-refractivity contribution in [3.8, 4) is 11.5 Å². The van der Waals surface area contributed by atoms with E-state index in [0.29, 0.717) is 12.8 Å². The van der Waals surface area contributed by atoms with Crippen LogP contribution in [0.2, 0.25) is 0 Å². The molecule has 1 aromatic carbocycles.